The average Bonchev–Trinajstić information content (AvgIpc) is 2.68. The normalized spacial score (nSPS) is 10.3. The lowest BCUT2D eigenvalue weighted by atomic mass is 10.1. The van der Waals surface area contributed by atoms with Crippen molar-refractivity contribution in [3.8, 4) is 11.5 Å². The first-order chi connectivity index (χ1) is 12.2. The first-order valence-corrected chi connectivity index (χ1v) is 8.28. The van der Waals surface area contributed by atoms with Crippen molar-refractivity contribution in [1.82, 2.24) is 10.3 Å². The molecule has 2 aromatic carbocycles. The van der Waals surface area contributed by atoms with Crippen molar-refractivity contribution in [2.75, 3.05) is 0 Å². The molecule has 3 rings (SSSR count). The Morgan fingerprint density at radius 1 is 1.00 bits per heavy atom. The third-order valence-corrected chi connectivity index (χ3v) is 3.84. The Labute approximate surface area is 147 Å². The van der Waals surface area contributed by atoms with E-state index in [-0.39, 0.29) is 5.91 Å². The smallest absolute Gasteiger partial charge is 0.253 e. The van der Waals surface area contributed by atoms with Gasteiger partial charge in [-0.2, -0.15) is 0 Å². The van der Waals surface area contributed by atoms with Crippen LogP contribution in [0.1, 0.15) is 28.4 Å². The van der Waals surface area contributed by atoms with Crippen molar-refractivity contribution < 1.29 is 9.53 Å². The number of rotatable bonds is 6. The second-order valence-corrected chi connectivity index (χ2v) is 5.67. The average molecular weight is 332 g/mol. The topological polar surface area (TPSA) is 51.2 Å². The lowest BCUT2D eigenvalue weighted by Crippen LogP contribution is -2.22. The van der Waals surface area contributed by atoms with Gasteiger partial charge in [0.1, 0.15) is 11.5 Å². The Morgan fingerprint density at radius 3 is 2.56 bits per heavy atom. The number of ether oxygens (including phenoxy) is 1. The van der Waals surface area contributed by atoms with E-state index < -0.39 is 0 Å². The summed E-state index contributed by atoms with van der Waals surface area (Å²) < 4.78 is 5.88. The van der Waals surface area contributed by atoms with E-state index in [9.17, 15) is 4.79 Å². The lowest BCUT2D eigenvalue weighted by molar-refractivity contribution is 0.0950. The number of hydrogen-bond donors (Lipinski definition) is 1. The monoisotopic (exact) mass is 332 g/mol. The molecule has 0 aliphatic carbocycles. The number of aromatic nitrogens is 1. The van der Waals surface area contributed by atoms with E-state index in [1.54, 1.807) is 24.5 Å². The molecule has 126 valence electrons. The zero-order valence-electron chi connectivity index (χ0n) is 14.1. The van der Waals surface area contributed by atoms with Gasteiger partial charge in [0.25, 0.3) is 5.91 Å². The molecule has 0 radical (unpaired) electrons. The largest absolute Gasteiger partial charge is 0.457 e. The van der Waals surface area contributed by atoms with E-state index in [1.807, 2.05) is 42.5 Å². The molecule has 0 aliphatic rings. The molecule has 0 saturated carbocycles. The maximum atomic E-state index is 12.0. The quantitative estimate of drug-likeness (QED) is 0.729. The minimum Gasteiger partial charge on any atom is -0.457 e. The predicted molar refractivity (Wildman–Crippen MR) is 97.7 cm³/mol. The highest BCUT2D eigenvalue weighted by atomic mass is 16.5. The zero-order valence-corrected chi connectivity index (χ0v) is 14.1. The number of nitrogens with one attached hydrogen (secondary N) is 1. The van der Waals surface area contributed by atoms with Crippen LogP contribution >= 0.6 is 0 Å². The van der Waals surface area contributed by atoms with E-state index in [1.165, 1.54) is 5.56 Å². The third kappa shape index (κ3) is 4.67. The zero-order chi connectivity index (χ0) is 17.5. The van der Waals surface area contributed by atoms with Gasteiger partial charge in [-0.25, -0.2) is 0 Å². The van der Waals surface area contributed by atoms with Crippen molar-refractivity contribution in [3.63, 3.8) is 0 Å². The number of amides is 1. The summed E-state index contributed by atoms with van der Waals surface area (Å²) in [6.07, 6.45) is 4.18. The molecule has 4 heteroatoms. The fourth-order valence-corrected chi connectivity index (χ4v) is 2.42. The maximum absolute atomic E-state index is 12.0. The van der Waals surface area contributed by atoms with Crippen LogP contribution in [0.5, 0.6) is 11.5 Å². The van der Waals surface area contributed by atoms with Crippen LogP contribution in [-0.2, 0) is 13.0 Å². The Hall–Kier alpha value is -3.14. The number of hydrogen-bond acceptors (Lipinski definition) is 3. The van der Waals surface area contributed by atoms with E-state index in [4.69, 9.17) is 4.74 Å². The van der Waals surface area contributed by atoms with Gasteiger partial charge in [0.05, 0.1) is 5.56 Å². The molecule has 0 fully saturated rings. The summed E-state index contributed by atoms with van der Waals surface area (Å²) in [5.41, 5.74) is 2.80. The molecule has 0 atom stereocenters. The van der Waals surface area contributed by atoms with Crippen LogP contribution < -0.4 is 10.1 Å². The van der Waals surface area contributed by atoms with Crippen LogP contribution in [-0.4, -0.2) is 10.9 Å². The van der Waals surface area contributed by atoms with Crippen LogP contribution in [0, 0.1) is 0 Å². The van der Waals surface area contributed by atoms with Crippen LogP contribution in [0.4, 0.5) is 0 Å². The van der Waals surface area contributed by atoms with Crippen LogP contribution in [0.25, 0.3) is 0 Å². The number of nitrogens with zero attached hydrogens (tertiary/aromatic N) is 1. The van der Waals surface area contributed by atoms with Gasteiger partial charge in [-0.3, -0.25) is 9.78 Å². The van der Waals surface area contributed by atoms with Crippen molar-refractivity contribution in [3.05, 3.63) is 89.7 Å². The highest BCUT2D eigenvalue weighted by Crippen LogP contribution is 2.22. The molecule has 3 aromatic rings. The Morgan fingerprint density at radius 2 is 1.84 bits per heavy atom. The van der Waals surface area contributed by atoms with E-state index in [0.29, 0.717) is 12.1 Å². The Kier molecular flexibility index (Phi) is 5.42. The fraction of sp³-hybridized carbons (Fsp3) is 0.143. The summed E-state index contributed by atoms with van der Waals surface area (Å²) in [4.78, 5) is 16.0. The molecule has 1 heterocycles. The fourth-order valence-electron chi connectivity index (χ4n) is 2.42. The number of aryl methyl sites for hydroxylation is 1. The van der Waals surface area contributed by atoms with Gasteiger partial charge in [-0.15, -0.1) is 0 Å². The van der Waals surface area contributed by atoms with Gasteiger partial charge >= 0.3 is 0 Å². The first-order valence-electron chi connectivity index (χ1n) is 8.28. The minimum atomic E-state index is -0.134. The van der Waals surface area contributed by atoms with Crippen LogP contribution in [0.15, 0.2) is 73.1 Å². The number of benzene rings is 2. The standard InChI is InChI=1S/C21H20N2O2/c1-2-16-5-3-7-20(13-16)25-19-10-8-17(9-11-19)14-23-21(24)18-6-4-12-22-15-18/h3-13,15H,2,14H2,1H3,(H,23,24). The molecule has 0 saturated heterocycles. The van der Waals surface area contributed by atoms with Gasteiger partial charge in [-0.1, -0.05) is 31.2 Å². The van der Waals surface area contributed by atoms with Crippen molar-refractivity contribution in [2.45, 2.75) is 19.9 Å². The number of carbonyl (C=O) groups is 1. The molecule has 0 spiro atoms. The molecular formula is C21H20N2O2. The lowest BCUT2D eigenvalue weighted by Gasteiger charge is -2.09. The van der Waals surface area contributed by atoms with Crippen LogP contribution in [0.2, 0.25) is 0 Å². The minimum absolute atomic E-state index is 0.134. The second-order valence-electron chi connectivity index (χ2n) is 5.67. The molecule has 1 amide bonds. The summed E-state index contributed by atoms with van der Waals surface area (Å²) in [6.45, 7) is 2.58. The summed E-state index contributed by atoms with van der Waals surface area (Å²) in [5, 5.41) is 2.88. The van der Waals surface area contributed by atoms with E-state index in [0.717, 1.165) is 23.5 Å². The van der Waals surface area contributed by atoms with Crippen molar-refractivity contribution >= 4 is 5.91 Å². The predicted octanol–water partition coefficient (Wildman–Crippen LogP) is 4.37. The molecule has 0 unspecified atom stereocenters. The van der Waals surface area contributed by atoms with Gasteiger partial charge in [0.2, 0.25) is 0 Å². The molecule has 0 aliphatic heterocycles. The molecule has 1 aromatic heterocycles. The van der Waals surface area contributed by atoms with Crippen molar-refractivity contribution in [1.29, 1.82) is 0 Å². The van der Waals surface area contributed by atoms with Crippen molar-refractivity contribution in [2.24, 2.45) is 0 Å². The van der Waals surface area contributed by atoms with E-state index >= 15 is 0 Å². The van der Waals surface area contributed by atoms with Crippen LogP contribution in [0.3, 0.4) is 0 Å². The molecule has 25 heavy (non-hydrogen) atoms. The van der Waals surface area contributed by atoms with Gasteiger partial charge < -0.3 is 10.1 Å². The molecule has 1 N–H and O–H groups in total. The SMILES string of the molecule is CCc1cccc(Oc2ccc(CNC(=O)c3cccnc3)cc2)c1. The molecule has 4 nitrogen and oxygen atoms in total. The summed E-state index contributed by atoms with van der Waals surface area (Å²) in [6, 6.07) is 19.3. The Bertz CT molecular complexity index is 830. The molecular weight excluding hydrogens is 312 g/mol. The highest BCUT2D eigenvalue weighted by molar-refractivity contribution is 5.93. The second kappa shape index (κ2) is 8.11. The first kappa shape index (κ1) is 16.7. The number of pyridine rings is 1. The van der Waals surface area contributed by atoms with E-state index in [2.05, 4.69) is 23.3 Å². The third-order valence-electron chi connectivity index (χ3n) is 3.84. The van der Waals surface area contributed by atoms with Gasteiger partial charge in [0.15, 0.2) is 0 Å². The molecule has 0 bridgehead atoms. The van der Waals surface area contributed by atoms with Gasteiger partial charge in [-0.05, 0) is 53.9 Å². The van der Waals surface area contributed by atoms with Gasteiger partial charge in [0, 0.05) is 18.9 Å². The maximum Gasteiger partial charge on any atom is 0.253 e. The summed E-state index contributed by atoms with van der Waals surface area (Å²) in [5.74, 6) is 1.47. The summed E-state index contributed by atoms with van der Waals surface area (Å²) in [7, 11) is 0. The Balaban J connectivity index is 1.57. The number of carbonyl (C=O) groups excluding carboxylic acids is 1. The summed E-state index contributed by atoms with van der Waals surface area (Å²) >= 11 is 0. The highest BCUT2D eigenvalue weighted by Gasteiger charge is 2.05.